The molecule has 1 aliphatic rings. The predicted octanol–water partition coefficient (Wildman–Crippen LogP) is 1.95. The van der Waals surface area contributed by atoms with Gasteiger partial charge in [0.25, 0.3) is 5.88 Å². The summed E-state index contributed by atoms with van der Waals surface area (Å²) >= 11 is 0. The number of likely N-dealkylation sites (N-methyl/N-ethyl adjacent to an activating group) is 1. The molecule has 2 heterocycles. The number of hydrogen-bond donors (Lipinski definition) is 1. The maximum absolute atomic E-state index is 5.22. The zero-order valence-electron chi connectivity index (χ0n) is 12.4. The second-order valence-corrected chi connectivity index (χ2v) is 5.34. The molecule has 110 valence electrons. The lowest BCUT2D eigenvalue weighted by molar-refractivity contribution is 0.224. The number of nitrogens with one attached hydrogen (secondary N) is 1. The van der Waals surface area contributed by atoms with E-state index in [1.54, 1.807) is 19.5 Å². The Labute approximate surface area is 125 Å². The van der Waals surface area contributed by atoms with Crippen LogP contribution >= 0.6 is 0 Å². The third-order valence-electron chi connectivity index (χ3n) is 3.98. The van der Waals surface area contributed by atoms with Gasteiger partial charge < -0.3 is 10.1 Å². The molecule has 0 radical (unpaired) electrons. The molecule has 0 aliphatic carbocycles. The monoisotopic (exact) mass is 284 g/mol. The molecule has 0 saturated carbocycles. The minimum Gasteiger partial charge on any atom is -0.478 e. The fourth-order valence-corrected chi connectivity index (χ4v) is 2.76. The van der Waals surface area contributed by atoms with Gasteiger partial charge in [-0.15, -0.1) is 0 Å². The summed E-state index contributed by atoms with van der Waals surface area (Å²) in [5.74, 6) is 1.24. The van der Waals surface area contributed by atoms with Gasteiger partial charge in [-0.2, -0.15) is 0 Å². The topological polar surface area (TPSA) is 50.3 Å². The predicted molar refractivity (Wildman–Crippen MR) is 82.5 cm³/mol. The van der Waals surface area contributed by atoms with Gasteiger partial charge in [0.15, 0.2) is 5.82 Å². The van der Waals surface area contributed by atoms with E-state index in [0.29, 0.717) is 17.7 Å². The Bertz CT molecular complexity index is 617. The molecule has 1 unspecified atom stereocenters. The van der Waals surface area contributed by atoms with Gasteiger partial charge in [0.1, 0.15) is 0 Å². The van der Waals surface area contributed by atoms with Crippen LogP contribution in [-0.2, 0) is 13.0 Å². The van der Waals surface area contributed by atoms with Crippen molar-refractivity contribution in [3.63, 3.8) is 0 Å². The molecule has 1 N–H and O–H groups in total. The fraction of sp³-hybridized carbons (Fsp3) is 0.375. The highest BCUT2D eigenvalue weighted by Crippen LogP contribution is 2.23. The largest absolute Gasteiger partial charge is 0.478 e. The standard InChI is InChI=1S/C16H20N4O/c1-20-11-13-6-4-3-5-12(13)9-14(20)10-19-15-16(21-2)18-8-7-17-15/h3-8,14H,9-11H2,1-2H3,(H,17,19). The van der Waals surface area contributed by atoms with Gasteiger partial charge in [-0.25, -0.2) is 9.97 Å². The van der Waals surface area contributed by atoms with E-state index >= 15 is 0 Å². The zero-order valence-corrected chi connectivity index (χ0v) is 12.4. The summed E-state index contributed by atoms with van der Waals surface area (Å²) in [5, 5.41) is 3.35. The lowest BCUT2D eigenvalue weighted by Gasteiger charge is -2.34. The van der Waals surface area contributed by atoms with Crippen LogP contribution in [0.25, 0.3) is 0 Å². The second kappa shape index (κ2) is 6.10. The molecule has 1 atom stereocenters. The quantitative estimate of drug-likeness (QED) is 0.930. The van der Waals surface area contributed by atoms with Crippen molar-refractivity contribution in [3.8, 4) is 5.88 Å². The first kappa shape index (κ1) is 13.8. The van der Waals surface area contributed by atoms with Gasteiger partial charge in [-0.3, -0.25) is 4.90 Å². The van der Waals surface area contributed by atoms with Gasteiger partial charge in [0.05, 0.1) is 7.11 Å². The Hall–Kier alpha value is -2.14. The molecule has 0 fully saturated rings. The number of rotatable bonds is 4. The van der Waals surface area contributed by atoms with Crippen LogP contribution < -0.4 is 10.1 Å². The van der Waals surface area contributed by atoms with Crippen molar-refractivity contribution < 1.29 is 4.74 Å². The SMILES string of the molecule is COc1nccnc1NCC1Cc2ccccc2CN1C. The van der Waals surface area contributed by atoms with Crippen molar-refractivity contribution in [2.24, 2.45) is 0 Å². The Morgan fingerprint density at radius 1 is 1.24 bits per heavy atom. The molecule has 2 aromatic rings. The highest BCUT2D eigenvalue weighted by molar-refractivity contribution is 5.44. The van der Waals surface area contributed by atoms with E-state index < -0.39 is 0 Å². The second-order valence-electron chi connectivity index (χ2n) is 5.34. The van der Waals surface area contributed by atoms with E-state index in [-0.39, 0.29) is 0 Å². The van der Waals surface area contributed by atoms with Gasteiger partial charge in [0, 0.05) is 31.5 Å². The molecule has 0 saturated heterocycles. The average molecular weight is 284 g/mol. The van der Waals surface area contributed by atoms with Crippen molar-refractivity contribution in [2.75, 3.05) is 26.0 Å². The molecule has 3 rings (SSSR count). The Morgan fingerprint density at radius 3 is 2.81 bits per heavy atom. The molecular formula is C16H20N4O. The Morgan fingerprint density at radius 2 is 2.00 bits per heavy atom. The molecule has 0 spiro atoms. The number of aromatic nitrogens is 2. The number of anilines is 1. The van der Waals surface area contributed by atoms with Crippen LogP contribution in [0.4, 0.5) is 5.82 Å². The van der Waals surface area contributed by atoms with Crippen LogP contribution in [0.5, 0.6) is 5.88 Å². The summed E-state index contributed by atoms with van der Waals surface area (Å²) in [5.41, 5.74) is 2.86. The number of nitrogens with zero attached hydrogens (tertiary/aromatic N) is 3. The van der Waals surface area contributed by atoms with E-state index in [1.165, 1.54) is 11.1 Å². The highest BCUT2D eigenvalue weighted by Gasteiger charge is 2.23. The van der Waals surface area contributed by atoms with Gasteiger partial charge in [-0.05, 0) is 24.6 Å². The summed E-state index contributed by atoms with van der Waals surface area (Å²) in [6.07, 6.45) is 4.35. The molecule has 1 aromatic heterocycles. The summed E-state index contributed by atoms with van der Waals surface area (Å²) in [4.78, 5) is 10.8. The molecule has 0 amide bonds. The number of benzene rings is 1. The van der Waals surface area contributed by atoms with Gasteiger partial charge >= 0.3 is 0 Å². The molecule has 1 aromatic carbocycles. The minimum absolute atomic E-state index is 0.437. The van der Waals surface area contributed by atoms with E-state index in [0.717, 1.165) is 19.5 Å². The highest BCUT2D eigenvalue weighted by atomic mass is 16.5. The van der Waals surface area contributed by atoms with Crippen LogP contribution in [0.2, 0.25) is 0 Å². The summed E-state index contributed by atoms with van der Waals surface area (Å²) in [6.45, 7) is 1.81. The fourth-order valence-electron chi connectivity index (χ4n) is 2.76. The summed E-state index contributed by atoms with van der Waals surface area (Å²) in [6, 6.07) is 9.08. The van der Waals surface area contributed by atoms with Crippen LogP contribution in [0.1, 0.15) is 11.1 Å². The van der Waals surface area contributed by atoms with E-state index in [1.807, 2.05) is 0 Å². The lowest BCUT2D eigenvalue weighted by atomic mass is 9.94. The summed E-state index contributed by atoms with van der Waals surface area (Å²) in [7, 11) is 3.77. The minimum atomic E-state index is 0.437. The van der Waals surface area contributed by atoms with Crippen molar-refractivity contribution in [1.29, 1.82) is 0 Å². The van der Waals surface area contributed by atoms with Crippen molar-refractivity contribution in [3.05, 3.63) is 47.8 Å². The number of ether oxygens (including phenoxy) is 1. The summed E-state index contributed by atoms with van der Waals surface area (Å²) < 4.78 is 5.22. The maximum Gasteiger partial charge on any atom is 0.257 e. The molecular weight excluding hydrogens is 264 g/mol. The average Bonchev–Trinajstić information content (AvgIpc) is 2.53. The molecule has 5 nitrogen and oxygen atoms in total. The first-order valence-electron chi connectivity index (χ1n) is 7.14. The maximum atomic E-state index is 5.22. The van der Waals surface area contributed by atoms with Crippen molar-refractivity contribution >= 4 is 5.82 Å². The number of methoxy groups -OCH3 is 1. The van der Waals surface area contributed by atoms with E-state index in [2.05, 4.69) is 51.5 Å². The van der Waals surface area contributed by atoms with Crippen LogP contribution in [0, 0.1) is 0 Å². The van der Waals surface area contributed by atoms with Crippen LogP contribution in [-0.4, -0.2) is 41.6 Å². The Kier molecular flexibility index (Phi) is 4.01. The number of fused-ring (bicyclic) bond motifs is 1. The van der Waals surface area contributed by atoms with Crippen LogP contribution in [0.15, 0.2) is 36.7 Å². The first-order valence-corrected chi connectivity index (χ1v) is 7.14. The lowest BCUT2D eigenvalue weighted by Crippen LogP contribution is -2.42. The molecule has 5 heteroatoms. The molecule has 0 bridgehead atoms. The van der Waals surface area contributed by atoms with Crippen molar-refractivity contribution in [1.82, 2.24) is 14.9 Å². The zero-order chi connectivity index (χ0) is 14.7. The molecule has 1 aliphatic heterocycles. The number of hydrogen-bond acceptors (Lipinski definition) is 5. The van der Waals surface area contributed by atoms with E-state index in [9.17, 15) is 0 Å². The van der Waals surface area contributed by atoms with E-state index in [4.69, 9.17) is 4.74 Å². The van der Waals surface area contributed by atoms with Gasteiger partial charge in [-0.1, -0.05) is 24.3 Å². The third-order valence-corrected chi connectivity index (χ3v) is 3.98. The third kappa shape index (κ3) is 2.97. The van der Waals surface area contributed by atoms with Crippen LogP contribution in [0.3, 0.4) is 0 Å². The smallest absolute Gasteiger partial charge is 0.257 e. The van der Waals surface area contributed by atoms with Crippen molar-refractivity contribution in [2.45, 2.75) is 19.0 Å². The normalized spacial score (nSPS) is 18.1. The first-order chi connectivity index (χ1) is 10.3. The Balaban J connectivity index is 1.68. The molecule has 21 heavy (non-hydrogen) atoms. The van der Waals surface area contributed by atoms with Gasteiger partial charge in [0.2, 0.25) is 0 Å².